The molecule has 1 aromatic heterocycles. The van der Waals surface area contributed by atoms with Gasteiger partial charge in [-0.2, -0.15) is 5.10 Å². The molecule has 1 fully saturated rings. The summed E-state index contributed by atoms with van der Waals surface area (Å²) in [6.45, 7) is 6.85. The largest absolute Gasteiger partial charge is 0.396 e. The molecule has 102 valence electrons. The van der Waals surface area contributed by atoms with Crippen molar-refractivity contribution in [3.05, 3.63) is 17.0 Å². The molecular formula is C14H25N3O. The maximum Gasteiger partial charge on any atom is 0.0628 e. The second-order valence-electron chi connectivity index (χ2n) is 5.46. The molecule has 2 heterocycles. The lowest BCUT2D eigenvalue weighted by atomic mass is 10.0. The van der Waals surface area contributed by atoms with Crippen LogP contribution in [0.25, 0.3) is 0 Å². The van der Waals surface area contributed by atoms with E-state index in [4.69, 9.17) is 10.2 Å². The fourth-order valence-corrected chi connectivity index (χ4v) is 2.91. The normalized spacial score (nSPS) is 18.4. The van der Waals surface area contributed by atoms with Crippen LogP contribution in [0.4, 0.5) is 0 Å². The first-order valence-electron chi connectivity index (χ1n) is 6.97. The summed E-state index contributed by atoms with van der Waals surface area (Å²) in [5.41, 5.74) is 3.78. The Labute approximate surface area is 110 Å². The molecule has 0 atom stereocenters. The first kappa shape index (κ1) is 13.6. The Morgan fingerprint density at radius 3 is 2.56 bits per heavy atom. The average Bonchev–Trinajstić information content (AvgIpc) is 2.64. The molecular weight excluding hydrogens is 226 g/mol. The summed E-state index contributed by atoms with van der Waals surface area (Å²) in [6.07, 6.45) is 4.16. The zero-order valence-electron chi connectivity index (χ0n) is 11.8. The minimum atomic E-state index is 0.262. The van der Waals surface area contributed by atoms with Crippen LogP contribution in [0.1, 0.15) is 42.3 Å². The number of aryl methyl sites for hydroxylation is 1. The van der Waals surface area contributed by atoms with Crippen LogP contribution in [0.15, 0.2) is 0 Å². The zero-order chi connectivity index (χ0) is 13.1. The molecule has 1 aromatic rings. The number of piperidine rings is 1. The number of aliphatic hydroxyl groups is 1. The van der Waals surface area contributed by atoms with Crippen LogP contribution in [0, 0.1) is 13.8 Å². The van der Waals surface area contributed by atoms with Crippen molar-refractivity contribution in [3.63, 3.8) is 0 Å². The summed E-state index contributed by atoms with van der Waals surface area (Å²) >= 11 is 0. The van der Waals surface area contributed by atoms with Crippen LogP contribution in [-0.4, -0.2) is 46.5 Å². The van der Waals surface area contributed by atoms with Crippen LogP contribution in [0.5, 0.6) is 0 Å². The molecule has 1 aliphatic rings. The Balaban J connectivity index is 2.13. The van der Waals surface area contributed by atoms with Crippen molar-refractivity contribution in [3.8, 4) is 0 Å². The third kappa shape index (κ3) is 2.75. The number of aromatic nitrogens is 2. The summed E-state index contributed by atoms with van der Waals surface area (Å²) in [4.78, 5) is 2.38. The van der Waals surface area contributed by atoms with E-state index in [-0.39, 0.29) is 6.61 Å². The van der Waals surface area contributed by atoms with Gasteiger partial charge in [0.2, 0.25) is 0 Å². The van der Waals surface area contributed by atoms with E-state index in [1.54, 1.807) is 0 Å². The molecule has 0 aliphatic carbocycles. The predicted molar refractivity (Wildman–Crippen MR) is 72.9 cm³/mol. The highest BCUT2D eigenvalue weighted by Gasteiger charge is 2.22. The van der Waals surface area contributed by atoms with Crippen molar-refractivity contribution in [1.82, 2.24) is 14.7 Å². The number of rotatable bonds is 4. The lowest BCUT2D eigenvalue weighted by Gasteiger charge is -2.29. The fraction of sp³-hybridized carbons (Fsp3) is 0.786. The highest BCUT2D eigenvalue weighted by Crippen LogP contribution is 2.25. The van der Waals surface area contributed by atoms with Gasteiger partial charge in [-0.15, -0.1) is 0 Å². The SMILES string of the molecule is Cc1nn(C2CCN(C)CC2)c(C)c1CCCO. The second-order valence-corrected chi connectivity index (χ2v) is 5.46. The third-order valence-corrected chi connectivity index (χ3v) is 4.09. The Kier molecular flexibility index (Phi) is 4.40. The summed E-state index contributed by atoms with van der Waals surface area (Å²) in [7, 11) is 2.18. The standard InChI is InChI=1S/C14H25N3O/c1-11-14(5-4-10-18)12(2)17(15-11)13-6-8-16(3)9-7-13/h13,18H,4-10H2,1-3H3. The van der Waals surface area contributed by atoms with Crippen LogP contribution < -0.4 is 0 Å². The summed E-state index contributed by atoms with van der Waals surface area (Å²) < 4.78 is 2.23. The first-order valence-corrected chi connectivity index (χ1v) is 6.97. The molecule has 0 unspecified atom stereocenters. The second kappa shape index (κ2) is 5.85. The lowest BCUT2D eigenvalue weighted by Crippen LogP contribution is -2.32. The Morgan fingerprint density at radius 2 is 1.94 bits per heavy atom. The highest BCUT2D eigenvalue weighted by atomic mass is 16.2. The molecule has 0 spiro atoms. The highest BCUT2D eigenvalue weighted by molar-refractivity contribution is 5.25. The Morgan fingerprint density at radius 1 is 1.28 bits per heavy atom. The molecule has 4 heteroatoms. The van der Waals surface area contributed by atoms with Gasteiger partial charge in [-0.05, 0) is 65.2 Å². The first-order chi connectivity index (χ1) is 8.63. The van der Waals surface area contributed by atoms with Gasteiger partial charge in [-0.3, -0.25) is 4.68 Å². The summed E-state index contributed by atoms with van der Waals surface area (Å²) in [6, 6.07) is 0.558. The van der Waals surface area contributed by atoms with Crippen molar-refractivity contribution in [1.29, 1.82) is 0 Å². The van der Waals surface area contributed by atoms with Gasteiger partial charge in [-0.25, -0.2) is 0 Å². The lowest BCUT2D eigenvalue weighted by molar-refractivity contribution is 0.210. The van der Waals surface area contributed by atoms with E-state index in [0.29, 0.717) is 6.04 Å². The van der Waals surface area contributed by atoms with Gasteiger partial charge in [0, 0.05) is 12.3 Å². The van der Waals surface area contributed by atoms with Crippen molar-refractivity contribution in [2.75, 3.05) is 26.7 Å². The van der Waals surface area contributed by atoms with Crippen molar-refractivity contribution in [2.24, 2.45) is 0 Å². The van der Waals surface area contributed by atoms with E-state index in [9.17, 15) is 0 Å². The fourth-order valence-electron chi connectivity index (χ4n) is 2.91. The quantitative estimate of drug-likeness (QED) is 0.885. The molecule has 18 heavy (non-hydrogen) atoms. The minimum absolute atomic E-state index is 0.262. The van der Waals surface area contributed by atoms with E-state index in [0.717, 1.165) is 31.6 Å². The van der Waals surface area contributed by atoms with Gasteiger partial charge >= 0.3 is 0 Å². The zero-order valence-corrected chi connectivity index (χ0v) is 11.8. The van der Waals surface area contributed by atoms with E-state index in [1.165, 1.54) is 24.1 Å². The number of hydrogen-bond acceptors (Lipinski definition) is 3. The van der Waals surface area contributed by atoms with Crippen molar-refractivity contribution < 1.29 is 5.11 Å². The summed E-state index contributed by atoms with van der Waals surface area (Å²) in [5, 5.41) is 13.7. The molecule has 0 radical (unpaired) electrons. The Bertz CT molecular complexity index is 392. The van der Waals surface area contributed by atoms with Crippen LogP contribution in [0.3, 0.4) is 0 Å². The number of aliphatic hydroxyl groups excluding tert-OH is 1. The topological polar surface area (TPSA) is 41.3 Å². The molecule has 0 amide bonds. The maximum absolute atomic E-state index is 8.96. The average molecular weight is 251 g/mol. The monoisotopic (exact) mass is 251 g/mol. The molecule has 0 saturated carbocycles. The van der Waals surface area contributed by atoms with Crippen LogP contribution in [-0.2, 0) is 6.42 Å². The maximum atomic E-state index is 8.96. The Hall–Kier alpha value is -0.870. The third-order valence-electron chi connectivity index (χ3n) is 4.09. The molecule has 1 aliphatic heterocycles. The van der Waals surface area contributed by atoms with Gasteiger partial charge in [-0.1, -0.05) is 0 Å². The van der Waals surface area contributed by atoms with Crippen LogP contribution in [0.2, 0.25) is 0 Å². The molecule has 0 aromatic carbocycles. The van der Waals surface area contributed by atoms with E-state index < -0.39 is 0 Å². The van der Waals surface area contributed by atoms with Gasteiger partial charge in [0.1, 0.15) is 0 Å². The van der Waals surface area contributed by atoms with Gasteiger partial charge in [0.05, 0.1) is 11.7 Å². The number of nitrogens with zero attached hydrogens (tertiary/aromatic N) is 3. The molecule has 2 rings (SSSR count). The molecule has 1 saturated heterocycles. The molecule has 0 bridgehead atoms. The minimum Gasteiger partial charge on any atom is -0.396 e. The van der Waals surface area contributed by atoms with Gasteiger partial charge in [0.25, 0.3) is 0 Å². The van der Waals surface area contributed by atoms with Crippen molar-refractivity contribution >= 4 is 0 Å². The van der Waals surface area contributed by atoms with Crippen molar-refractivity contribution in [2.45, 2.75) is 45.6 Å². The number of hydrogen-bond donors (Lipinski definition) is 1. The molecule has 1 N–H and O–H groups in total. The van der Waals surface area contributed by atoms with E-state index in [1.807, 2.05) is 0 Å². The van der Waals surface area contributed by atoms with E-state index >= 15 is 0 Å². The van der Waals surface area contributed by atoms with Crippen LogP contribution >= 0.6 is 0 Å². The molecule has 4 nitrogen and oxygen atoms in total. The number of likely N-dealkylation sites (tertiary alicyclic amines) is 1. The smallest absolute Gasteiger partial charge is 0.0628 e. The summed E-state index contributed by atoms with van der Waals surface area (Å²) in [5.74, 6) is 0. The van der Waals surface area contributed by atoms with Gasteiger partial charge in [0.15, 0.2) is 0 Å². The predicted octanol–water partition coefficient (Wildman–Crippen LogP) is 1.69. The van der Waals surface area contributed by atoms with E-state index in [2.05, 4.69) is 30.5 Å². The van der Waals surface area contributed by atoms with Gasteiger partial charge < -0.3 is 10.0 Å².